The van der Waals surface area contributed by atoms with Crippen molar-refractivity contribution in [1.29, 1.82) is 0 Å². The number of benzene rings is 2. The van der Waals surface area contributed by atoms with E-state index < -0.39 is 0 Å². The van der Waals surface area contributed by atoms with Gasteiger partial charge in [0.2, 0.25) is 0 Å². The molecule has 0 N–H and O–H groups in total. The van der Waals surface area contributed by atoms with Gasteiger partial charge in [-0.1, -0.05) is 53.2 Å². The zero-order chi connectivity index (χ0) is 20.5. The number of fused-ring (bicyclic) bond motifs is 1. The molecule has 0 fully saturated rings. The Labute approximate surface area is 187 Å². The van der Waals surface area contributed by atoms with Gasteiger partial charge in [-0.25, -0.2) is 4.98 Å². The van der Waals surface area contributed by atoms with Gasteiger partial charge in [-0.2, -0.15) is 0 Å². The highest BCUT2D eigenvalue weighted by atomic mass is 35.5. The van der Waals surface area contributed by atoms with Crippen molar-refractivity contribution in [2.75, 3.05) is 5.75 Å². The molecule has 29 heavy (non-hydrogen) atoms. The van der Waals surface area contributed by atoms with Crippen LogP contribution in [0.4, 0.5) is 0 Å². The summed E-state index contributed by atoms with van der Waals surface area (Å²) >= 11 is 15.4. The number of carbonyl (C=O) groups is 1. The highest BCUT2D eigenvalue weighted by Crippen LogP contribution is 2.32. The van der Waals surface area contributed by atoms with Gasteiger partial charge in [0, 0.05) is 33.5 Å². The standard InChI is InChI=1S/C22H18Cl2N2OS2/c1-13-9-17(14(2)26(13)11-15-5-3-4-6-18(15)24)20(27)12-28-22-25-19-10-16(23)7-8-21(19)29-22/h3-10H,11-12H2,1-2H3. The lowest BCUT2D eigenvalue weighted by Gasteiger charge is -2.11. The van der Waals surface area contributed by atoms with Crippen LogP contribution in [0.2, 0.25) is 10.0 Å². The lowest BCUT2D eigenvalue weighted by atomic mass is 10.2. The lowest BCUT2D eigenvalue weighted by Crippen LogP contribution is -2.07. The minimum atomic E-state index is 0.103. The Kier molecular flexibility index (Phi) is 6.02. The highest BCUT2D eigenvalue weighted by Gasteiger charge is 2.17. The Bertz CT molecular complexity index is 1210. The molecule has 0 atom stereocenters. The Hall–Kier alpha value is -1.79. The molecule has 2 heterocycles. The van der Waals surface area contributed by atoms with Gasteiger partial charge in [-0.3, -0.25) is 4.79 Å². The molecule has 2 aromatic heterocycles. The van der Waals surface area contributed by atoms with Gasteiger partial charge in [0.25, 0.3) is 0 Å². The second-order valence-electron chi connectivity index (χ2n) is 6.77. The number of hydrogen-bond donors (Lipinski definition) is 0. The third kappa shape index (κ3) is 4.38. The predicted octanol–water partition coefficient (Wildman–Crippen LogP) is 7.04. The first-order chi connectivity index (χ1) is 13.9. The fourth-order valence-corrected chi connectivity index (χ4v) is 5.56. The van der Waals surface area contributed by atoms with Crippen LogP contribution in [0.15, 0.2) is 52.9 Å². The number of nitrogens with zero attached hydrogens (tertiary/aromatic N) is 2. The third-order valence-electron chi connectivity index (χ3n) is 4.82. The number of aryl methyl sites for hydroxylation is 1. The zero-order valence-corrected chi connectivity index (χ0v) is 19.1. The summed E-state index contributed by atoms with van der Waals surface area (Å²) in [5.41, 5.74) is 4.67. The largest absolute Gasteiger partial charge is 0.344 e. The first kappa shape index (κ1) is 20.5. The van der Waals surface area contributed by atoms with Gasteiger partial charge in [0.15, 0.2) is 10.1 Å². The fraction of sp³-hybridized carbons (Fsp3) is 0.182. The van der Waals surface area contributed by atoms with Crippen LogP contribution < -0.4 is 0 Å². The molecule has 148 valence electrons. The number of hydrogen-bond acceptors (Lipinski definition) is 4. The third-order valence-corrected chi connectivity index (χ3v) is 7.60. The van der Waals surface area contributed by atoms with Crippen molar-refractivity contribution < 1.29 is 4.79 Å². The Morgan fingerprint density at radius 3 is 2.72 bits per heavy atom. The van der Waals surface area contributed by atoms with Crippen molar-refractivity contribution in [2.45, 2.75) is 24.7 Å². The van der Waals surface area contributed by atoms with Gasteiger partial charge >= 0.3 is 0 Å². The second-order valence-corrected chi connectivity index (χ2v) is 9.86. The van der Waals surface area contributed by atoms with Crippen LogP contribution in [0.1, 0.15) is 27.3 Å². The number of carbonyl (C=O) groups excluding carboxylic acids is 1. The molecule has 0 saturated carbocycles. The van der Waals surface area contributed by atoms with Crippen LogP contribution in [0, 0.1) is 13.8 Å². The van der Waals surface area contributed by atoms with Crippen LogP contribution in [0.3, 0.4) is 0 Å². The van der Waals surface area contributed by atoms with Crippen molar-refractivity contribution in [2.24, 2.45) is 0 Å². The monoisotopic (exact) mass is 460 g/mol. The molecule has 0 unspecified atom stereocenters. The van der Waals surface area contributed by atoms with E-state index in [9.17, 15) is 4.79 Å². The van der Waals surface area contributed by atoms with Gasteiger partial charge in [0.05, 0.1) is 16.0 Å². The smallest absolute Gasteiger partial charge is 0.174 e. The maximum atomic E-state index is 12.9. The van der Waals surface area contributed by atoms with Crippen molar-refractivity contribution in [3.63, 3.8) is 0 Å². The van der Waals surface area contributed by atoms with E-state index in [2.05, 4.69) is 9.55 Å². The van der Waals surface area contributed by atoms with Crippen molar-refractivity contribution in [3.8, 4) is 0 Å². The average Bonchev–Trinajstić information content (AvgIpc) is 3.22. The SMILES string of the molecule is Cc1cc(C(=O)CSc2nc3cc(Cl)ccc3s2)c(C)n1Cc1ccccc1Cl. The summed E-state index contributed by atoms with van der Waals surface area (Å²) in [5.74, 6) is 0.454. The molecule has 0 amide bonds. The predicted molar refractivity (Wildman–Crippen MR) is 124 cm³/mol. The quantitative estimate of drug-likeness (QED) is 0.228. The maximum absolute atomic E-state index is 12.9. The van der Waals surface area contributed by atoms with Gasteiger partial charge in [-0.15, -0.1) is 11.3 Å². The summed E-state index contributed by atoms with van der Waals surface area (Å²) in [6, 6.07) is 15.4. The molecule has 0 aliphatic rings. The van der Waals surface area contributed by atoms with E-state index in [0.29, 0.717) is 17.3 Å². The highest BCUT2D eigenvalue weighted by molar-refractivity contribution is 8.01. The molecule has 0 spiro atoms. The molecule has 0 aliphatic carbocycles. The summed E-state index contributed by atoms with van der Waals surface area (Å²) in [7, 11) is 0. The molecule has 0 aliphatic heterocycles. The number of Topliss-reactive ketones (excluding diaryl/α,β-unsaturated/α-hetero) is 1. The summed E-state index contributed by atoms with van der Waals surface area (Å²) in [6.45, 7) is 4.66. The number of halogens is 2. The normalized spacial score (nSPS) is 11.3. The van der Waals surface area contributed by atoms with E-state index in [4.69, 9.17) is 23.2 Å². The van der Waals surface area contributed by atoms with E-state index in [0.717, 1.165) is 42.1 Å². The van der Waals surface area contributed by atoms with Crippen LogP contribution in [-0.2, 0) is 6.54 Å². The minimum Gasteiger partial charge on any atom is -0.344 e. The molecule has 3 nitrogen and oxygen atoms in total. The van der Waals surface area contributed by atoms with Crippen LogP contribution >= 0.6 is 46.3 Å². The fourth-order valence-electron chi connectivity index (χ4n) is 3.27. The Morgan fingerprint density at radius 1 is 1.14 bits per heavy atom. The summed E-state index contributed by atoms with van der Waals surface area (Å²) in [4.78, 5) is 17.5. The van der Waals surface area contributed by atoms with Gasteiger partial charge < -0.3 is 4.57 Å². The lowest BCUT2D eigenvalue weighted by molar-refractivity contribution is 0.102. The number of thioether (sulfide) groups is 1. The van der Waals surface area contributed by atoms with E-state index in [1.54, 1.807) is 11.3 Å². The van der Waals surface area contributed by atoms with Gasteiger partial charge in [-0.05, 0) is 49.7 Å². The van der Waals surface area contributed by atoms with Crippen LogP contribution in [-0.4, -0.2) is 21.1 Å². The van der Waals surface area contributed by atoms with E-state index in [1.807, 2.05) is 62.4 Å². The van der Waals surface area contributed by atoms with Gasteiger partial charge in [0.1, 0.15) is 0 Å². The molecule has 0 bridgehead atoms. The maximum Gasteiger partial charge on any atom is 0.174 e. The summed E-state index contributed by atoms with van der Waals surface area (Å²) in [5, 5.41) is 1.40. The molecule has 7 heteroatoms. The van der Waals surface area contributed by atoms with Crippen molar-refractivity contribution in [1.82, 2.24) is 9.55 Å². The van der Waals surface area contributed by atoms with E-state index in [-0.39, 0.29) is 5.78 Å². The van der Waals surface area contributed by atoms with E-state index >= 15 is 0 Å². The minimum absolute atomic E-state index is 0.103. The molecule has 0 saturated heterocycles. The second kappa shape index (κ2) is 8.52. The molecule has 2 aromatic carbocycles. The van der Waals surface area contributed by atoms with Crippen molar-refractivity contribution in [3.05, 3.63) is 81.1 Å². The summed E-state index contributed by atoms with van der Waals surface area (Å²) < 4.78 is 4.08. The molecular weight excluding hydrogens is 443 g/mol. The summed E-state index contributed by atoms with van der Waals surface area (Å²) in [6.07, 6.45) is 0. The van der Waals surface area contributed by atoms with Crippen molar-refractivity contribution >= 4 is 62.3 Å². The van der Waals surface area contributed by atoms with Crippen LogP contribution in [0.5, 0.6) is 0 Å². The van der Waals surface area contributed by atoms with Crippen LogP contribution in [0.25, 0.3) is 10.2 Å². The number of thiazole rings is 1. The zero-order valence-electron chi connectivity index (χ0n) is 15.9. The number of ketones is 1. The average molecular weight is 461 g/mol. The molecular formula is C22H18Cl2N2OS2. The topological polar surface area (TPSA) is 34.9 Å². The Balaban J connectivity index is 1.50. The number of rotatable bonds is 6. The molecule has 4 rings (SSSR count). The van der Waals surface area contributed by atoms with E-state index in [1.165, 1.54) is 11.8 Å². The first-order valence-corrected chi connectivity index (χ1v) is 11.6. The Morgan fingerprint density at radius 2 is 1.93 bits per heavy atom. The first-order valence-electron chi connectivity index (χ1n) is 9.04. The number of aromatic nitrogens is 2. The molecule has 0 radical (unpaired) electrons. The molecule has 4 aromatic rings.